The van der Waals surface area contributed by atoms with Crippen molar-refractivity contribution < 1.29 is 27.8 Å². The number of rotatable bonds is 8. The first-order valence-electron chi connectivity index (χ1n) is 11.7. The summed E-state index contributed by atoms with van der Waals surface area (Å²) in [5.74, 6) is -0.549. The fraction of sp³-hybridized carbons (Fsp3) is 0.296. The van der Waals surface area contributed by atoms with Crippen LogP contribution in [0.5, 0.6) is 11.5 Å². The van der Waals surface area contributed by atoms with Crippen LogP contribution >= 0.6 is 11.3 Å². The van der Waals surface area contributed by atoms with Crippen LogP contribution in [0.15, 0.2) is 63.5 Å². The van der Waals surface area contributed by atoms with E-state index in [2.05, 4.69) is 9.73 Å². The maximum absolute atomic E-state index is 13.7. The van der Waals surface area contributed by atoms with E-state index in [1.807, 2.05) is 43.3 Å². The number of alkyl halides is 2. The minimum Gasteiger partial charge on any atom is -0.493 e. The zero-order valence-corrected chi connectivity index (χ0v) is 22.3. The summed E-state index contributed by atoms with van der Waals surface area (Å²) in [5, 5.41) is 0. The molecule has 200 valence electrons. The van der Waals surface area contributed by atoms with Crippen molar-refractivity contribution in [3.05, 3.63) is 84.5 Å². The quantitative estimate of drug-likeness (QED) is 0.405. The van der Waals surface area contributed by atoms with E-state index in [0.29, 0.717) is 26.2 Å². The highest BCUT2D eigenvalue weighted by Gasteiger charge is 2.33. The van der Waals surface area contributed by atoms with Gasteiger partial charge in [0.2, 0.25) is 0 Å². The summed E-state index contributed by atoms with van der Waals surface area (Å²) >= 11 is 1.16. The van der Waals surface area contributed by atoms with Crippen LogP contribution in [0.1, 0.15) is 31.0 Å². The van der Waals surface area contributed by atoms with Crippen LogP contribution in [0.25, 0.3) is 6.08 Å². The Morgan fingerprint density at radius 1 is 1.18 bits per heavy atom. The number of carbonyl (C=O) groups is 1. The third-order valence-corrected chi connectivity index (χ3v) is 6.93. The molecule has 0 fully saturated rings. The monoisotopic (exact) mass is 543 g/mol. The molecule has 1 unspecified atom stereocenters. The highest BCUT2D eigenvalue weighted by molar-refractivity contribution is 7.07. The van der Waals surface area contributed by atoms with Gasteiger partial charge in [0.25, 0.3) is 5.56 Å². The summed E-state index contributed by atoms with van der Waals surface area (Å²) in [5.41, 5.74) is 2.65. The Hall–Kier alpha value is -3.99. The molecule has 8 nitrogen and oxygen atoms in total. The molecule has 0 spiro atoms. The number of anilines is 1. The molecule has 0 N–H and O–H groups in total. The molecule has 0 aliphatic carbocycles. The molecule has 0 bridgehead atoms. The molecule has 0 amide bonds. The number of ether oxygens (including phenoxy) is 3. The van der Waals surface area contributed by atoms with Crippen molar-refractivity contribution >= 4 is 29.1 Å². The molecule has 0 saturated heterocycles. The third kappa shape index (κ3) is 5.33. The molecule has 1 atom stereocenters. The summed E-state index contributed by atoms with van der Waals surface area (Å²) in [6.45, 7) is 0.619. The van der Waals surface area contributed by atoms with Gasteiger partial charge in [0.1, 0.15) is 0 Å². The van der Waals surface area contributed by atoms with Gasteiger partial charge < -0.3 is 19.1 Å². The van der Waals surface area contributed by atoms with Crippen molar-refractivity contribution in [2.24, 2.45) is 4.99 Å². The lowest BCUT2D eigenvalue weighted by molar-refractivity contribution is -0.139. The van der Waals surface area contributed by atoms with Gasteiger partial charge in [0, 0.05) is 19.8 Å². The summed E-state index contributed by atoms with van der Waals surface area (Å²) < 4.78 is 42.2. The van der Waals surface area contributed by atoms with Gasteiger partial charge in [0.15, 0.2) is 16.3 Å². The van der Waals surface area contributed by atoms with Crippen molar-refractivity contribution in [1.29, 1.82) is 0 Å². The van der Waals surface area contributed by atoms with Crippen molar-refractivity contribution in [3.8, 4) is 11.5 Å². The van der Waals surface area contributed by atoms with Crippen LogP contribution in [-0.4, -0.2) is 45.0 Å². The molecule has 1 aliphatic heterocycles. The predicted molar refractivity (Wildman–Crippen MR) is 141 cm³/mol. The summed E-state index contributed by atoms with van der Waals surface area (Å²) in [4.78, 5) is 33.7. The fourth-order valence-corrected chi connectivity index (χ4v) is 5.23. The highest BCUT2D eigenvalue weighted by atomic mass is 32.1. The summed E-state index contributed by atoms with van der Waals surface area (Å²) in [7, 11) is 5.19. The zero-order valence-electron chi connectivity index (χ0n) is 21.5. The average Bonchev–Trinajstić information content (AvgIpc) is 3.18. The zero-order chi connectivity index (χ0) is 27.6. The lowest BCUT2D eigenvalue weighted by Crippen LogP contribution is -2.39. The summed E-state index contributed by atoms with van der Waals surface area (Å²) in [6.07, 6.45) is 1.62. The topological polar surface area (TPSA) is 82.4 Å². The van der Waals surface area contributed by atoms with Gasteiger partial charge in [-0.05, 0) is 55.3 Å². The van der Waals surface area contributed by atoms with Gasteiger partial charge in [-0.3, -0.25) is 9.36 Å². The van der Waals surface area contributed by atoms with E-state index in [1.54, 1.807) is 26.0 Å². The van der Waals surface area contributed by atoms with Gasteiger partial charge in [-0.15, -0.1) is 0 Å². The first-order chi connectivity index (χ1) is 18.1. The van der Waals surface area contributed by atoms with E-state index in [-0.39, 0.29) is 23.7 Å². The maximum Gasteiger partial charge on any atom is 0.387 e. The predicted octanol–water partition coefficient (Wildman–Crippen LogP) is 3.47. The number of thiazole rings is 1. The van der Waals surface area contributed by atoms with E-state index in [1.165, 1.54) is 23.8 Å². The molecule has 2 aromatic carbocycles. The molecule has 1 aliphatic rings. The smallest absolute Gasteiger partial charge is 0.387 e. The van der Waals surface area contributed by atoms with Crippen LogP contribution in [0, 0.1) is 0 Å². The van der Waals surface area contributed by atoms with Crippen molar-refractivity contribution in [3.63, 3.8) is 0 Å². The Labute approximate surface area is 221 Å². The van der Waals surface area contributed by atoms with Gasteiger partial charge in [-0.2, -0.15) is 8.78 Å². The highest BCUT2D eigenvalue weighted by Crippen LogP contribution is 2.32. The van der Waals surface area contributed by atoms with Crippen LogP contribution in [0.3, 0.4) is 0 Å². The Bertz CT molecular complexity index is 1560. The number of esters is 1. The van der Waals surface area contributed by atoms with Gasteiger partial charge in [-0.1, -0.05) is 29.5 Å². The minimum atomic E-state index is -3.00. The molecule has 0 radical (unpaired) electrons. The number of halogens is 2. The van der Waals surface area contributed by atoms with Crippen LogP contribution in [0.4, 0.5) is 14.5 Å². The molecule has 38 heavy (non-hydrogen) atoms. The van der Waals surface area contributed by atoms with Crippen molar-refractivity contribution in [1.82, 2.24) is 4.57 Å². The number of fused-ring (bicyclic) bond motifs is 1. The molecule has 2 heterocycles. The normalized spacial score (nSPS) is 15.3. The number of allylic oxidation sites excluding steroid dienone is 1. The molecular weight excluding hydrogens is 516 g/mol. The Morgan fingerprint density at radius 2 is 1.89 bits per heavy atom. The van der Waals surface area contributed by atoms with E-state index < -0.39 is 18.6 Å². The van der Waals surface area contributed by atoms with E-state index in [0.717, 1.165) is 22.6 Å². The molecule has 4 rings (SSSR count). The Morgan fingerprint density at radius 3 is 2.50 bits per heavy atom. The second kappa shape index (κ2) is 11.2. The van der Waals surface area contributed by atoms with E-state index in [9.17, 15) is 18.4 Å². The van der Waals surface area contributed by atoms with Crippen LogP contribution < -0.4 is 29.3 Å². The van der Waals surface area contributed by atoms with Gasteiger partial charge >= 0.3 is 12.6 Å². The second-order valence-corrected chi connectivity index (χ2v) is 9.59. The number of nitrogens with zero attached hydrogens (tertiary/aromatic N) is 3. The van der Waals surface area contributed by atoms with Gasteiger partial charge in [0.05, 0.1) is 35.6 Å². The molecular formula is C27H27F2N3O5S. The number of hydrogen-bond acceptors (Lipinski definition) is 8. The molecule has 0 saturated carbocycles. The van der Waals surface area contributed by atoms with E-state index in [4.69, 9.17) is 9.47 Å². The fourth-order valence-electron chi connectivity index (χ4n) is 4.18. The van der Waals surface area contributed by atoms with Crippen LogP contribution in [0.2, 0.25) is 0 Å². The molecule has 11 heteroatoms. The van der Waals surface area contributed by atoms with Crippen LogP contribution in [-0.2, 0) is 9.53 Å². The number of hydrogen-bond donors (Lipinski definition) is 0. The Balaban J connectivity index is 1.87. The maximum atomic E-state index is 13.7. The first-order valence-corrected chi connectivity index (χ1v) is 12.6. The Kier molecular flexibility index (Phi) is 7.96. The summed E-state index contributed by atoms with van der Waals surface area (Å²) in [6, 6.07) is 11.3. The largest absolute Gasteiger partial charge is 0.493 e. The number of methoxy groups -OCH3 is 1. The number of aromatic nitrogens is 1. The lowest BCUT2D eigenvalue weighted by Gasteiger charge is -2.25. The number of carbonyl (C=O) groups excluding carboxylic acids is 1. The van der Waals surface area contributed by atoms with Crippen molar-refractivity contribution in [2.45, 2.75) is 26.5 Å². The molecule has 1 aromatic heterocycles. The van der Waals surface area contributed by atoms with Gasteiger partial charge in [-0.25, -0.2) is 9.79 Å². The lowest BCUT2D eigenvalue weighted by atomic mass is 9.95. The third-order valence-electron chi connectivity index (χ3n) is 5.94. The second-order valence-electron chi connectivity index (χ2n) is 8.58. The average molecular weight is 544 g/mol. The van der Waals surface area contributed by atoms with E-state index >= 15 is 0 Å². The SMILES string of the molecule is CCOC(=O)C1=C(C)N=c2sc(=Cc3ccc(OC(F)F)c(OC)c3)c(=O)n2C1c1ccc(N(C)C)cc1. The van der Waals surface area contributed by atoms with Crippen molar-refractivity contribution in [2.75, 3.05) is 32.7 Å². The standard InChI is InChI=1S/C27H27F2N3O5S/c1-6-36-25(34)22-15(2)30-27-32(23(22)17-8-10-18(11-9-17)31(3)4)24(33)21(38-27)14-16-7-12-19(37-26(28)29)20(13-16)35-5/h7-14,23,26H,6H2,1-5H3. The minimum absolute atomic E-state index is 0.103. The molecule has 3 aromatic rings. The number of benzene rings is 2. The first kappa shape index (κ1) is 27.1.